The van der Waals surface area contributed by atoms with E-state index in [1.165, 1.54) is 0 Å². The average molecular weight is 400 g/mol. The highest BCUT2D eigenvalue weighted by Gasteiger charge is 2.35. The van der Waals surface area contributed by atoms with Gasteiger partial charge in [0.2, 0.25) is 5.91 Å². The molecule has 0 radical (unpaired) electrons. The van der Waals surface area contributed by atoms with Crippen LogP contribution in [0.15, 0.2) is 47.0 Å². The van der Waals surface area contributed by atoms with Crippen LogP contribution >= 0.6 is 11.6 Å². The molecule has 1 aliphatic heterocycles. The van der Waals surface area contributed by atoms with Crippen LogP contribution < -0.4 is 14.4 Å². The van der Waals surface area contributed by atoms with Gasteiger partial charge in [-0.25, -0.2) is 0 Å². The fraction of sp³-hybridized carbons (Fsp3) is 0.250. The highest BCUT2D eigenvalue weighted by atomic mass is 35.5. The molecule has 1 atom stereocenters. The van der Waals surface area contributed by atoms with E-state index >= 15 is 0 Å². The van der Waals surface area contributed by atoms with Crippen molar-refractivity contribution in [2.24, 2.45) is 0 Å². The first-order valence-electron chi connectivity index (χ1n) is 8.71. The summed E-state index contributed by atoms with van der Waals surface area (Å²) in [6, 6.07) is 12.6. The summed E-state index contributed by atoms with van der Waals surface area (Å²) in [4.78, 5) is 18.7. The van der Waals surface area contributed by atoms with Gasteiger partial charge in [-0.3, -0.25) is 4.79 Å². The number of para-hydroxylation sites is 1. The lowest BCUT2D eigenvalue weighted by molar-refractivity contribution is -0.117. The molecule has 0 aliphatic carbocycles. The highest BCUT2D eigenvalue weighted by Crippen LogP contribution is 2.35. The van der Waals surface area contributed by atoms with Crippen LogP contribution in [0.25, 0.3) is 11.5 Å². The van der Waals surface area contributed by atoms with Gasteiger partial charge in [-0.2, -0.15) is 4.98 Å². The Hall–Kier alpha value is -3.06. The van der Waals surface area contributed by atoms with E-state index in [0.717, 1.165) is 0 Å². The maximum absolute atomic E-state index is 12.5. The summed E-state index contributed by atoms with van der Waals surface area (Å²) in [6.07, 6.45) is 0.297. The first-order chi connectivity index (χ1) is 13.6. The quantitative estimate of drug-likeness (QED) is 0.647. The average Bonchev–Trinajstić information content (AvgIpc) is 3.35. The Kier molecular flexibility index (Phi) is 4.92. The predicted molar refractivity (Wildman–Crippen MR) is 104 cm³/mol. The minimum absolute atomic E-state index is 0.0208. The fourth-order valence-corrected chi connectivity index (χ4v) is 3.47. The molecule has 0 saturated carbocycles. The van der Waals surface area contributed by atoms with Crippen LogP contribution in [-0.2, 0) is 4.79 Å². The molecule has 8 heteroatoms. The van der Waals surface area contributed by atoms with Crippen LogP contribution in [0, 0.1) is 0 Å². The molecule has 3 aromatic rings. The van der Waals surface area contributed by atoms with Crippen molar-refractivity contribution in [2.75, 3.05) is 25.7 Å². The zero-order valence-corrected chi connectivity index (χ0v) is 16.1. The molecule has 1 fully saturated rings. The minimum Gasteiger partial charge on any atom is -0.497 e. The van der Waals surface area contributed by atoms with Crippen molar-refractivity contribution in [3.8, 4) is 23.0 Å². The number of benzene rings is 2. The van der Waals surface area contributed by atoms with Crippen molar-refractivity contribution in [1.29, 1.82) is 0 Å². The van der Waals surface area contributed by atoms with Crippen LogP contribution in [0.5, 0.6) is 11.5 Å². The van der Waals surface area contributed by atoms with Crippen molar-refractivity contribution in [2.45, 2.75) is 12.3 Å². The van der Waals surface area contributed by atoms with Crippen molar-refractivity contribution < 1.29 is 18.8 Å². The number of halogens is 1. The summed E-state index contributed by atoms with van der Waals surface area (Å²) in [5, 5.41) is 4.63. The maximum Gasteiger partial charge on any atom is 0.258 e. The molecule has 7 nitrogen and oxygen atoms in total. The Morgan fingerprint density at radius 2 is 1.86 bits per heavy atom. The maximum atomic E-state index is 12.5. The Morgan fingerprint density at radius 1 is 1.14 bits per heavy atom. The van der Waals surface area contributed by atoms with Gasteiger partial charge in [0.15, 0.2) is 5.82 Å². The third-order valence-electron chi connectivity index (χ3n) is 4.67. The molecule has 1 unspecified atom stereocenters. The van der Waals surface area contributed by atoms with Gasteiger partial charge in [0.25, 0.3) is 5.89 Å². The summed E-state index contributed by atoms with van der Waals surface area (Å²) >= 11 is 6.24. The molecule has 0 N–H and O–H groups in total. The molecule has 2 heterocycles. The van der Waals surface area contributed by atoms with Gasteiger partial charge in [-0.05, 0) is 24.3 Å². The Bertz CT molecular complexity index is 998. The van der Waals surface area contributed by atoms with Crippen molar-refractivity contribution in [3.63, 3.8) is 0 Å². The predicted octanol–water partition coefficient (Wildman–Crippen LogP) is 3.93. The molecule has 1 aliphatic rings. The molecule has 1 saturated heterocycles. The fourth-order valence-electron chi connectivity index (χ4n) is 3.23. The van der Waals surface area contributed by atoms with Gasteiger partial charge >= 0.3 is 0 Å². The normalized spacial score (nSPS) is 16.5. The SMILES string of the molecule is COc1cc(OC)cc(-c2nc(C3CC(=O)N(c4ccccc4Cl)C3)no2)c1. The van der Waals surface area contributed by atoms with Crippen LogP contribution in [0.1, 0.15) is 18.2 Å². The summed E-state index contributed by atoms with van der Waals surface area (Å²) < 4.78 is 16.0. The number of amides is 1. The lowest BCUT2D eigenvalue weighted by atomic mass is 10.1. The topological polar surface area (TPSA) is 77.7 Å². The van der Waals surface area contributed by atoms with E-state index in [1.54, 1.807) is 43.4 Å². The molecule has 28 heavy (non-hydrogen) atoms. The number of hydrogen-bond acceptors (Lipinski definition) is 6. The summed E-state index contributed by atoms with van der Waals surface area (Å²) in [5.74, 6) is 1.88. The highest BCUT2D eigenvalue weighted by molar-refractivity contribution is 6.33. The van der Waals surface area contributed by atoms with Crippen LogP contribution in [0.2, 0.25) is 5.02 Å². The van der Waals surface area contributed by atoms with Crippen LogP contribution in [0.3, 0.4) is 0 Å². The molecule has 0 spiro atoms. The van der Waals surface area contributed by atoms with Crippen LogP contribution in [-0.4, -0.2) is 36.8 Å². The Labute approximate surface area is 166 Å². The van der Waals surface area contributed by atoms with E-state index < -0.39 is 0 Å². The standard InChI is InChI=1S/C20H18ClN3O4/c1-26-14-7-12(8-15(10-14)27-2)20-22-19(23-28-20)13-9-18(25)24(11-13)17-6-4-3-5-16(17)21/h3-8,10,13H,9,11H2,1-2H3. The van der Waals surface area contributed by atoms with Gasteiger partial charge in [-0.15, -0.1) is 0 Å². The molecule has 2 aromatic carbocycles. The minimum atomic E-state index is -0.172. The van der Waals surface area contributed by atoms with E-state index in [-0.39, 0.29) is 11.8 Å². The molecular formula is C20H18ClN3O4. The number of nitrogens with zero attached hydrogens (tertiary/aromatic N) is 3. The zero-order chi connectivity index (χ0) is 19.7. The number of aromatic nitrogens is 2. The number of ether oxygens (including phenoxy) is 2. The number of rotatable bonds is 5. The largest absolute Gasteiger partial charge is 0.497 e. The van der Waals surface area contributed by atoms with E-state index in [2.05, 4.69) is 10.1 Å². The smallest absolute Gasteiger partial charge is 0.258 e. The summed E-state index contributed by atoms with van der Waals surface area (Å²) in [5.41, 5.74) is 1.38. The van der Waals surface area contributed by atoms with E-state index in [1.807, 2.05) is 18.2 Å². The number of carbonyl (C=O) groups is 1. The Balaban J connectivity index is 1.59. The second-order valence-corrected chi connectivity index (χ2v) is 6.82. The molecule has 1 amide bonds. The third kappa shape index (κ3) is 3.41. The lowest BCUT2D eigenvalue weighted by Gasteiger charge is -2.17. The van der Waals surface area contributed by atoms with Gasteiger partial charge in [0, 0.05) is 30.5 Å². The molecule has 4 rings (SSSR count). The van der Waals surface area contributed by atoms with Crippen LogP contribution in [0.4, 0.5) is 5.69 Å². The van der Waals surface area contributed by atoms with Gasteiger partial charge in [0.05, 0.1) is 24.9 Å². The molecule has 144 valence electrons. The Morgan fingerprint density at radius 3 is 2.54 bits per heavy atom. The second kappa shape index (κ2) is 7.52. The second-order valence-electron chi connectivity index (χ2n) is 6.42. The van der Waals surface area contributed by atoms with Gasteiger partial charge in [0.1, 0.15) is 11.5 Å². The van der Waals surface area contributed by atoms with Gasteiger partial charge in [-0.1, -0.05) is 28.9 Å². The number of methoxy groups -OCH3 is 2. The van der Waals surface area contributed by atoms with Crippen molar-refractivity contribution in [1.82, 2.24) is 10.1 Å². The first kappa shape index (κ1) is 18.3. The van der Waals surface area contributed by atoms with Crippen molar-refractivity contribution >= 4 is 23.2 Å². The number of anilines is 1. The molecule has 0 bridgehead atoms. The number of carbonyl (C=O) groups excluding carboxylic acids is 1. The monoisotopic (exact) mass is 399 g/mol. The van der Waals surface area contributed by atoms with E-state index in [4.69, 9.17) is 25.6 Å². The van der Waals surface area contributed by atoms with E-state index in [0.29, 0.717) is 52.5 Å². The number of hydrogen-bond donors (Lipinski definition) is 0. The first-order valence-corrected chi connectivity index (χ1v) is 9.08. The zero-order valence-electron chi connectivity index (χ0n) is 15.4. The van der Waals surface area contributed by atoms with Crippen molar-refractivity contribution in [3.05, 3.63) is 53.3 Å². The summed E-state index contributed by atoms with van der Waals surface area (Å²) in [6.45, 7) is 0.447. The third-order valence-corrected chi connectivity index (χ3v) is 4.99. The molecular weight excluding hydrogens is 382 g/mol. The molecule has 1 aromatic heterocycles. The van der Waals surface area contributed by atoms with Gasteiger partial charge < -0.3 is 18.9 Å². The van der Waals surface area contributed by atoms with E-state index in [9.17, 15) is 4.79 Å². The lowest BCUT2D eigenvalue weighted by Crippen LogP contribution is -2.24. The summed E-state index contributed by atoms with van der Waals surface area (Å²) in [7, 11) is 3.15.